The third-order valence-electron chi connectivity index (χ3n) is 5.25. The fourth-order valence-electron chi connectivity index (χ4n) is 3.27. The van der Waals surface area contributed by atoms with E-state index >= 15 is 0 Å². The zero-order valence-corrected chi connectivity index (χ0v) is 19.9. The van der Waals surface area contributed by atoms with E-state index in [-0.39, 0.29) is 11.4 Å². The van der Waals surface area contributed by atoms with Crippen molar-refractivity contribution in [2.24, 2.45) is 0 Å². The molecule has 32 heavy (non-hydrogen) atoms. The Morgan fingerprint density at radius 3 is 2.53 bits per heavy atom. The first-order chi connectivity index (χ1) is 15.3. The average Bonchev–Trinajstić information content (AvgIpc) is 3.36. The van der Waals surface area contributed by atoms with Crippen molar-refractivity contribution in [2.75, 3.05) is 20.8 Å². The molecule has 0 aliphatic heterocycles. The summed E-state index contributed by atoms with van der Waals surface area (Å²) in [4.78, 5) is 5.60. The minimum absolute atomic E-state index is 0.257. The van der Waals surface area contributed by atoms with E-state index in [1.165, 1.54) is 11.3 Å². The van der Waals surface area contributed by atoms with Gasteiger partial charge in [0.05, 0.1) is 24.8 Å². The van der Waals surface area contributed by atoms with Crippen LogP contribution >= 0.6 is 11.3 Å². The summed E-state index contributed by atoms with van der Waals surface area (Å²) in [7, 11) is -0.408. The number of nitrogens with one attached hydrogen (secondary N) is 1. The first-order valence-corrected chi connectivity index (χ1v) is 12.3. The smallest absolute Gasteiger partial charge is 0.240 e. The lowest BCUT2D eigenvalue weighted by Crippen LogP contribution is -2.26. The van der Waals surface area contributed by atoms with Gasteiger partial charge in [-0.3, -0.25) is 0 Å². The first-order valence-electron chi connectivity index (χ1n) is 9.95. The molecular weight excluding hydrogens is 448 g/mol. The number of aryl methyl sites for hydroxylation is 2. The van der Waals surface area contributed by atoms with Crippen LogP contribution in [0.5, 0.6) is 11.5 Å². The van der Waals surface area contributed by atoms with Gasteiger partial charge in [0, 0.05) is 23.9 Å². The molecule has 0 fully saturated rings. The topological polar surface area (TPSA) is 94.8 Å². The van der Waals surface area contributed by atoms with Gasteiger partial charge in [-0.05, 0) is 55.3 Å². The molecule has 2 aromatic carbocycles. The Bertz CT molecular complexity index is 1380. The lowest BCUT2D eigenvalue weighted by Gasteiger charge is -2.08. The summed E-state index contributed by atoms with van der Waals surface area (Å²) < 4.78 is 40.3. The molecule has 10 heteroatoms. The number of nitrogens with zero attached hydrogens (tertiary/aromatic N) is 3. The maximum Gasteiger partial charge on any atom is 0.240 e. The van der Waals surface area contributed by atoms with Crippen molar-refractivity contribution in [3.8, 4) is 22.9 Å². The van der Waals surface area contributed by atoms with E-state index in [1.54, 1.807) is 30.9 Å². The molecule has 2 aromatic heterocycles. The Morgan fingerprint density at radius 2 is 1.81 bits per heavy atom. The molecule has 0 aliphatic rings. The molecule has 2 heterocycles. The highest BCUT2D eigenvalue weighted by molar-refractivity contribution is 7.89. The van der Waals surface area contributed by atoms with Gasteiger partial charge < -0.3 is 9.47 Å². The standard InChI is InChI=1S/C22H24N4O4S2/c1-14-5-7-18(11-15(14)2)32(27,28)23-10-9-17-13-31-22-24-21(25-26(17)22)16-6-8-19(29-3)20(12-16)30-4/h5-8,11-13,23H,9-10H2,1-4H3. The molecule has 0 atom stereocenters. The molecular formula is C22H24N4O4S2. The highest BCUT2D eigenvalue weighted by Crippen LogP contribution is 2.31. The van der Waals surface area contributed by atoms with Crippen molar-refractivity contribution >= 4 is 26.3 Å². The number of ether oxygens (including phenoxy) is 2. The van der Waals surface area contributed by atoms with E-state index in [4.69, 9.17) is 9.47 Å². The highest BCUT2D eigenvalue weighted by Gasteiger charge is 2.17. The zero-order chi connectivity index (χ0) is 22.9. The Morgan fingerprint density at radius 1 is 1.03 bits per heavy atom. The SMILES string of the molecule is COc1ccc(-c2nc3scc(CCNS(=O)(=O)c4ccc(C)c(C)c4)n3n2)cc1OC. The number of fused-ring (bicyclic) bond motifs is 1. The summed E-state index contributed by atoms with van der Waals surface area (Å²) in [5.41, 5.74) is 3.69. The summed E-state index contributed by atoms with van der Waals surface area (Å²) in [6, 6.07) is 10.6. The third-order valence-corrected chi connectivity index (χ3v) is 7.58. The van der Waals surface area contributed by atoms with Crippen molar-refractivity contribution in [1.82, 2.24) is 19.3 Å². The first kappa shape index (κ1) is 22.3. The number of aromatic nitrogens is 3. The van der Waals surface area contributed by atoms with Crippen LogP contribution in [-0.4, -0.2) is 43.8 Å². The van der Waals surface area contributed by atoms with Crippen LogP contribution in [0.15, 0.2) is 46.7 Å². The quantitative estimate of drug-likeness (QED) is 0.421. The second-order valence-corrected chi connectivity index (χ2v) is 9.92. The van der Waals surface area contributed by atoms with Crippen LogP contribution in [0.2, 0.25) is 0 Å². The predicted molar refractivity (Wildman–Crippen MR) is 124 cm³/mol. The molecule has 0 aliphatic carbocycles. The number of rotatable bonds is 8. The lowest BCUT2D eigenvalue weighted by molar-refractivity contribution is 0.355. The lowest BCUT2D eigenvalue weighted by atomic mass is 10.1. The predicted octanol–water partition coefficient (Wildman–Crippen LogP) is 3.61. The summed E-state index contributed by atoms with van der Waals surface area (Å²) in [5, 5.41) is 6.55. The average molecular weight is 473 g/mol. The van der Waals surface area contributed by atoms with Gasteiger partial charge in [-0.1, -0.05) is 6.07 Å². The van der Waals surface area contributed by atoms with Crippen LogP contribution in [0.1, 0.15) is 16.8 Å². The van der Waals surface area contributed by atoms with Crippen LogP contribution in [0.25, 0.3) is 16.3 Å². The molecule has 0 spiro atoms. The van der Waals surface area contributed by atoms with Gasteiger partial charge >= 0.3 is 0 Å². The van der Waals surface area contributed by atoms with E-state index in [2.05, 4.69) is 14.8 Å². The van der Waals surface area contributed by atoms with Crippen LogP contribution in [-0.2, 0) is 16.4 Å². The van der Waals surface area contributed by atoms with E-state index in [0.717, 1.165) is 27.3 Å². The van der Waals surface area contributed by atoms with Gasteiger partial charge in [-0.15, -0.1) is 16.4 Å². The van der Waals surface area contributed by atoms with Gasteiger partial charge in [-0.2, -0.15) is 4.98 Å². The minimum Gasteiger partial charge on any atom is -0.493 e. The molecule has 0 amide bonds. The molecule has 0 radical (unpaired) electrons. The zero-order valence-electron chi connectivity index (χ0n) is 18.2. The van der Waals surface area contributed by atoms with Gasteiger partial charge in [0.15, 0.2) is 17.3 Å². The van der Waals surface area contributed by atoms with Crippen molar-refractivity contribution in [3.63, 3.8) is 0 Å². The maximum absolute atomic E-state index is 12.6. The molecule has 0 unspecified atom stereocenters. The number of thiazole rings is 1. The van der Waals surface area contributed by atoms with Gasteiger partial charge in [0.25, 0.3) is 0 Å². The van der Waals surface area contributed by atoms with Crippen molar-refractivity contribution in [2.45, 2.75) is 25.2 Å². The minimum atomic E-state index is -3.58. The second kappa shape index (κ2) is 8.89. The van der Waals surface area contributed by atoms with Crippen molar-refractivity contribution in [3.05, 3.63) is 58.6 Å². The van der Waals surface area contributed by atoms with Crippen LogP contribution in [0, 0.1) is 13.8 Å². The molecule has 168 valence electrons. The third kappa shape index (κ3) is 4.34. The van der Waals surface area contributed by atoms with Crippen LogP contribution in [0.4, 0.5) is 0 Å². The van der Waals surface area contributed by atoms with Crippen LogP contribution < -0.4 is 14.2 Å². The van der Waals surface area contributed by atoms with E-state index < -0.39 is 10.0 Å². The molecule has 8 nitrogen and oxygen atoms in total. The largest absolute Gasteiger partial charge is 0.493 e. The Kier molecular flexibility index (Phi) is 6.18. The molecule has 0 bridgehead atoms. The molecule has 4 rings (SSSR count). The molecule has 0 saturated carbocycles. The fraction of sp³-hybridized carbons (Fsp3) is 0.273. The summed E-state index contributed by atoms with van der Waals surface area (Å²) in [6.45, 7) is 4.11. The van der Waals surface area contributed by atoms with Gasteiger partial charge in [0.1, 0.15) is 0 Å². The number of sulfonamides is 1. The monoisotopic (exact) mass is 472 g/mol. The van der Waals surface area contributed by atoms with E-state index in [0.29, 0.717) is 23.7 Å². The maximum atomic E-state index is 12.6. The molecule has 0 saturated heterocycles. The Labute approximate surface area is 190 Å². The Balaban J connectivity index is 1.50. The summed E-state index contributed by atoms with van der Waals surface area (Å²) in [5.74, 6) is 1.80. The van der Waals surface area contributed by atoms with Gasteiger partial charge in [0.2, 0.25) is 15.0 Å². The fourth-order valence-corrected chi connectivity index (χ4v) is 5.24. The number of hydrogen-bond donors (Lipinski definition) is 1. The highest BCUT2D eigenvalue weighted by atomic mass is 32.2. The number of hydrogen-bond acceptors (Lipinski definition) is 7. The van der Waals surface area contributed by atoms with E-state index in [1.807, 2.05) is 43.5 Å². The number of methoxy groups -OCH3 is 2. The van der Waals surface area contributed by atoms with Crippen LogP contribution in [0.3, 0.4) is 0 Å². The summed E-state index contributed by atoms with van der Waals surface area (Å²) in [6.07, 6.45) is 0.485. The Hall–Kier alpha value is -2.95. The van der Waals surface area contributed by atoms with Crippen molar-refractivity contribution in [1.29, 1.82) is 0 Å². The summed E-state index contributed by atoms with van der Waals surface area (Å²) >= 11 is 1.46. The molecule has 1 N–H and O–H groups in total. The van der Waals surface area contributed by atoms with Gasteiger partial charge in [-0.25, -0.2) is 17.7 Å². The normalized spacial score (nSPS) is 11.8. The van der Waals surface area contributed by atoms with E-state index in [9.17, 15) is 8.42 Å². The number of benzene rings is 2. The second-order valence-electron chi connectivity index (χ2n) is 7.32. The molecule has 4 aromatic rings. The van der Waals surface area contributed by atoms with Crippen molar-refractivity contribution < 1.29 is 17.9 Å².